The average Bonchev–Trinajstić information content (AvgIpc) is 2.40. The molecule has 0 fully saturated rings. The molecule has 0 bridgehead atoms. The van der Waals surface area contributed by atoms with Crippen molar-refractivity contribution < 1.29 is 0 Å². The van der Waals surface area contributed by atoms with E-state index in [1.54, 1.807) is 0 Å². The van der Waals surface area contributed by atoms with E-state index in [4.69, 9.17) is 5.26 Å². The van der Waals surface area contributed by atoms with Crippen LogP contribution in [0.4, 0.5) is 5.69 Å². The molecule has 2 heteroatoms. The third-order valence-electron chi connectivity index (χ3n) is 2.97. The highest BCUT2D eigenvalue weighted by Gasteiger charge is 2.04. The van der Waals surface area contributed by atoms with Gasteiger partial charge in [0.25, 0.3) is 0 Å². The van der Waals surface area contributed by atoms with Crippen LogP contribution in [0.15, 0.2) is 48.5 Å². The molecule has 0 heterocycles. The zero-order chi connectivity index (χ0) is 13.0. The number of nitriles is 1. The monoisotopic (exact) mass is 236 g/mol. The Hall–Kier alpha value is -2.27. The van der Waals surface area contributed by atoms with Gasteiger partial charge in [-0.1, -0.05) is 29.8 Å². The number of anilines is 1. The van der Waals surface area contributed by atoms with Crippen LogP contribution in [0.1, 0.15) is 29.7 Å². The molecule has 0 saturated heterocycles. The van der Waals surface area contributed by atoms with Gasteiger partial charge in [0, 0.05) is 11.7 Å². The summed E-state index contributed by atoms with van der Waals surface area (Å²) in [7, 11) is 0. The van der Waals surface area contributed by atoms with Gasteiger partial charge in [-0.25, -0.2) is 0 Å². The quantitative estimate of drug-likeness (QED) is 0.873. The summed E-state index contributed by atoms with van der Waals surface area (Å²) in [6.45, 7) is 4.21. The van der Waals surface area contributed by atoms with Crippen LogP contribution in [0, 0.1) is 18.3 Å². The molecule has 0 amide bonds. The maximum atomic E-state index is 8.74. The Morgan fingerprint density at radius 2 is 1.61 bits per heavy atom. The van der Waals surface area contributed by atoms with Crippen LogP contribution in [0.3, 0.4) is 0 Å². The number of aryl methyl sites for hydroxylation is 1. The number of hydrogen-bond acceptors (Lipinski definition) is 2. The van der Waals surface area contributed by atoms with Gasteiger partial charge in [0.15, 0.2) is 0 Å². The molecule has 0 spiro atoms. The van der Waals surface area contributed by atoms with Crippen molar-refractivity contribution >= 4 is 5.69 Å². The molecule has 2 nitrogen and oxygen atoms in total. The lowest BCUT2D eigenvalue weighted by Crippen LogP contribution is -2.06. The molecule has 0 radical (unpaired) electrons. The van der Waals surface area contributed by atoms with Crippen LogP contribution >= 0.6 is 0 Å². The SMILES string of the molecule is Cc1ccc(C(C)Nc2ccc(C#N)cc2)cc1. The minimum atomic E-state index is 0.249. The van der Waals surface area contributed by atoms with Crippen LogP contribution < -0.4 is 5.32 Å². The third-order valence-corrected chi connectivity index (χ3v) is 2.97. The second-order valence-electron chi connectivity index (χ2n) is 4.47. The highest BCUT2D eigenvalue weighted by molar-refractivity contribution is 5.48. The van der Waals surface area contributed by atoms with E-state index in [-0.39, 0.29) is 6.04 Å². The van der Waals surface area contributed by atoms with Gasteiger partial charge < -0.3 is 5.32 Å². The van der Waals surface area contributed by atoms with Gasteiger partial charge in [0.1, 0.15) is 0 Å². The average molecular weight is 236 g/mol. The first-order chi connectivity index (χ1) is 8.69. The molecule has 0 aliphatic heterocycles. The van der Waals surface area contributed by atoms with E-state index in [0.29, 0.717) is 5.56 Å². The van der Waals surface area contributed by atoms with Gasteiger partial charge in [-0.3, -0.25) is 0 Å². The fraction of sp³-hybridized carbons (Fsp3) is 0.188. The van der Waals surface area contributed by atoms with Gasteiger partial charge in [0.05, 0.1) is 11.6 Å². The Kier molecular flexibility index (Phi) is 3.64. The molecule has 1 N–H and O–H groups in total. The van der Waals surface area contributed by atoms with Gasteiger partial charge in [0.2, 0.25) is 0 Å². The molecule has 1 atom stereocenters. The molecule has 0 aliphatic carbocycles. The summed E-state index contributed by atoms with van der Waals surface area (Å²) >= 11 is 0. The molecular weight excluding hydrogens is 220 g/mol. The van der Waals surface area contributed by atoms with Crippen LogP contribution in [0.2, 0.25) is 0 Å². The normalized spacial score (nSPS) is 11.6. The van der Waals surface area contributed by atoms with Crippen molar-refractivity contribution in [2.24, 2.45) is 0 Å². The first kappa shape index (κ1) is 12.2. The summed E-state index contributed by atoms with van der Waals surface area (Å²) in [5.74, 6) is 0. The van der Waals surface area contributed by atoms with Crippen molar-refractivity contribution in [1.29, 1.82) is 5.26 Å². The molecule has 2 aromatic carbocycles. The van der Waals surface area contributed by atoms with E-state index in [1.165, 1.54) is 11.1 Å². The molecule has 2 aromatic rings. The molecule has 0 aliphatic rings. The molecule has 18 heavy (non-hydrogen) atoms. The van der Waals surface area contributed by atoms with Gasteiger partial charge in [-0.2, -0.15) is 5.26 Å². The molecule has 1 unspecified atom stereocenters. The lowest BCUT2D eigenvalue weighted by atomic mass is 10.1. The minimum absolute atomic E-state index is 0.249. The van der Waals surface area contributed by atoms with Crippen molar-refractivity contribution in [2.75, 3.05) is 5.32 Å². The van der Waals surface area contributed by atoms with Crippen molar-refractivity contribution in [3.63, 3.8) is 0 Å². The molecule has 2 rings (SSSR count). The molecule has 0 aromatic heterocycles. The Bertz CT molecular complexity index is 547. The molecule has 0 saturated carbocycles. The summed E-state index contributed by atoms with van der Waals surface area (Å²) < 4.78 is 0. The third kappa shape index (κ3) is 2.89. The van der Waals surface area contributed by atoms with Crippen LogP contribution in [0.5, 0.6) is 0 Å². The van der Waals surface area contributed by atoms with Crippen LogP contribution in [-0.4, -0.2) is 0 Å². The number of hydrogen-bond donors (Lipinski definition) is 1. The number of rotatable bonds is 3. The largest absolute Gasteiger partial charge is 0.379 e. The zero-order valence-electron chi connectivity index (χ0n) is 10.6. The molecule has 90 valence electrons. The van der Waals surface area contributed by atoms with Gasteiger partial charge in [-0.15, -0.1) is 0 Å². The maximum Gasteiger partial charge on any atom is 0.0991 e. The zero-order valence-corrected chi connectivity index (χ0v) is 10.6. The van der Waals surface area contributed by atoms with E-state index in [2.05, 4.69) is 49.5 Å². The van der Waals surface area contributed by atoms with E-state index in [9.17, 15) is 0 Å². The number of benzene rings is 2. The topological polar surface area (TPSA) is 35.8 Å². The fourth-order valence-corrected chi connectivity index (χ4v) is 1.83. The predicted molar refractivity (Wildman–Crippen MR) is 74.4 cm³/mol. The first-order valence-corrected chi connectivity index (χ1v) is 6.02. The standard InChI is InChI=1S/C16H16N2/c1-12-3-7-15(8-4-12)13(2)18-16-9-5-14(11-17)6-10-16/h3-10,13,18H,1-2H3. The van der Waals surface area contributed by atoms with E-state index in [1.807, 2.05) is 24.3 Å². The van der Waals surface area contributed by atoms with E-state index in [0.717, 1.165) is 5.69 Å². The highest BCUT2D eigenvalue weighted by atomic mass is 14.9. The summed E-state index contributed by atoms with van der Waals surface area (Å²) in [4.78, 5) is 0. The lowest BCUT2D eigenvalue weighted by Gasteiger charge is -2.16. The van der Waals surface area contributed by atoms with Crippen molar-refractivity contribution in [2.45, 2.75) is 19.9 Å². The highest BCUT2D eigenvalue weighted by Crippen LogP contribution is 2.19. The molecular formula is C16H16N2. The Morgan fingerprint density at radius 3 is 2.17 bits per heavy atom. The van der Waals surface area contributed by atoms with Gasteiger partial charge in [-0.05, 0) is 43.7 Å². The predicted octanol–water partition coefficient (Wildman–Crippen LogP) is 4.04. The minimum Gasteiger partial charge on any atom is -0.379 e. The summed E-state index contributed by atoms with van der Waals surface area (Å²) in [5.41, 5.74) is 4.24. The smallest absolute Gasteiger partial charge is 0.0991 e. The van der Waals surface area contributed by atoms with Crippen molar-refractivity contribution in [1.82, 2.24) is 0 Å². The summed E-state index contributed by atoms with van der Waals surface area (Å²) in [6.07, 6.45) is 0. The fourth-order valence-electron chi connectivity index (χ4n) is 1.83. The Morgan fingerprint density at radius 1 is 1.00 bits per heavy atom. The second kappa shape index (κ2) is 5.37. The van der Waals surface area contributed by atoms with E-state index < -0.39 is 0 Å². The van der Waals surface area contributed by atoms with E-state index >= 15 is 0 Å². The van der Waals surface area contributed by atoms with Gasteiger partial charge >= 0.3 is 0 Å². The van der Waals surface area contributed by atoms with Crippen LogP contribution in [-0.2, 0) is 0 Å². The summed E-state index contributed by atoms with van der Waals surface area (Å²) in [6, 6.07) is 18.4. The maximum absolute atomic E-state index is 8.74. The second-order valence-corrected chi connectivity index (χ2v) is 4.47. The first-order valence-electron chi connectivity index (χ1n) is 6.02. The van der Waals surface area contributed by atoms with Crippen molar-refractivity contribution in [3.05, 3.63) is 65.2 Å². The van der Waals surface area contributed by atoms with Crippen LogP contribution in [0.25, 0.3) is 0 Å². The Labute approximate surface area is 108 Å². The number of nitrogens with zero attached hydrogens (tertiary/aromatic N) is 1. The Balaban J connectivity index is 2.08. The number of nitrogens with one attached hydrogen (secondary N) is 1. The van der Waals surface area contributed by atoms with Crippen molar-refractivity contribution in [3.8, 4) is 6.07 Å². The summed E-state index contributed by atoms with van der Waals surface area (Å²) in [5, 5.41) is 12.2. The lowest BCUT2D eigenvalue weighted by molar-refractivity contribution is 0.884.